The number of hydrogen-bond donors (Lipinski definition) is 1. The number of aryl methyl sites for hydroxylation is 1. The van der Waals surface area contributed by atoms with E-state index in [9.17, 15) is 5.11 Å². The molecule has 0 aliphatic carbocycles. The number of nitrogens with zero attached hydrogens (tertiary/aromatic N) is 4. The zero-order valence-electron chi connectivity index (χ0n) is 21.4. The summed E-state index contributed by atoms with van der Waals surface area (Å²) < 4.78 is 5.60. The number of piperazine rings is 1. The number of anilines is 1. The Morgan fingerprint density at radius 3 is 2.42 bits per heavy atom. The van der Waals surface area contributed by atoms with Crippen LogP contribution in [0.4, 0.5) is 5.82 Å². The lowest BCUT2D eigenvalue weighted by Crippen LogP contribution is -2.49. The van der Waals surface area contributed by atoms with Crippen LogP contribution in [0.25, 0.3) is 11.4 Å². The summed E-state index contributed by atoms with van der Waals surface area (Å²) in [4.78, 5) is 14.7. The molecule has 1 aromatic heterocycles. The number of rotatable bonds is 11. The minimum absolute atomic E-state index is 0.400. The molecular weight excluding hydrogens is 472 g/mol. The molecule has 36 heavy (non-hydrogen) atoms. The molecule has 1 aliphatic heterocycles. The number of aliphatic hydroxyl groups is 1. The van der Waals surface area contributed by atoms with Crippen LogP contribution in [0.1, 0.15) is 36.6 Å². The highest BCUT2D eigenvalue weighted by atomic mass is 35.5. The molecule has 6 nitrogen and oxygen atoms in total. The van der Waals surface area contributed by atoms with E-state index < -0.39 is 6.10 Å². The third-order valence-electron chi connectivity index (χ3n) is 6.61. The topological polar surface area (TPSA) is 61.7 Å². The Labute approximate surface area is 219 Å². The maximum absolute atomic E-state index is 10.4. The summed E-state index contributed by atoms with van der Waals surface area (Å²) in [7, 11) is 0. The van der Waals surface area contributed by atoms with Gasteiger partial charge in [-0.3, -0.25) is 4.90 Å². The Bertz CT molecular complexity index is 1090. The Hall–Kier alpha value is -2.51. The summed E-state index contributed by atoms with van der Waals surface area (Å²) in [5.41, 5.74) is 4.35. The number of hydrogen-bond acceptors (Lipinski definition) is 6. The van der Waals surface area contributed by atoms with Crippen molar-refractivity contribution in [3.8, 4) is 11.4 Å². The molecule has 7 heteroatoms. The van der Waals surface area contributed by atoms with E-state index in [1.54, 1.807) is 0 Å². The third-order valence-corrected chi connectivity index (χ3v) is 6.86. The van der Waals surface area contributed by atoms with Crippen LogP contribution in [0, 0.1) is 6.92 Å². The largest absolute Gasteiger partial charge is 0.389 e. The summed E-state index contributed by atoms with van der Waals surface area (Å²) in [6, 6.07) is 18.2. The fourth-order valence-electron chi connectivity index (χ4n) is 4.53. The standard InChI is InChI=1S/C29H37ClN4O2/c1-3-4-18-36-21-26(35)20-33-14-16-34(17-15-33)29-27(19-23-10-12-25(30)13-11-23)22(2)31-28(32-29)24-8-6-5-7-9-24/h5-13,26,35H,3-4,14-21H2,1-2H3/t26-/m1/s1. The number of ether oxygens (including phenoxy) is 1. The molecule has 4 rings (SSSR count). The minimum atomic E-state index is -0.458. The van der Waals surface area contributed by atoms with E-state index in [0.717, 1.165) is 78.9 Å². The van der Waals surface area contributed by atoms with Gasteiger partial charge in [-0.15, -0.1) is 0 Å². The zero-order valence-corrected chi connectivity index (χ0v) is 22.1. The van der Waals surface area contributed by atoms with Crippen molar-refractivity contribution in [1.82, 2.24) is 14.9 Å². The maximum Gasteiger partial charge on any atom is 0.161 e. The molecule has 2 aromatic carbocycles. The molecule has 0 saturated carbocycles. The minimum Gasteiger partial charge on any atom is -0.389 e. The van der Waals surface area contributed by atoms with Crippen LogP contribution in [0.5, 0.6) is 0 Å². The van der Waals surface area contributed by atoms with Gasteiger partial charge in [-0.05, 0) is 31.0 Å². The Balaban J connectivity index is 1.50. The highest BCUT2D eigenvalue weighted by molar-refractivity contribution is 6.30. The average molecular weight is 509 g/mol. The molecule has 1 aliphatic rings. The van der Waals surface area contributed by atoms with Crippen LogP contribution >= 0.6 is 11.6 Å². The maximum atomic E-state index is 10.4. The molecule has 0 radical (unpaired) electrons. The van der Waals surface area contributed by atoms with Gasteiger partial charge in [0.1, 0.15) is 5.82 Å². The molecule has 1 fully saturated rings. The van der Waals surface area contributed by atoms with Gasteiger partial charge in [0.05, 0.1) is 12.7 Å². The Kier molecular flexibility index (Phi) is 9.70. The van der Waals surface area contributed by atoms with E-state index in [4.69, 9.17) is 26.3 Å². The molecule has 192 valence electrons. The van der Waals surface area contributed by atoms with E-state index in [-0.39, 0.29) is 0 Å². The van der Waals surface area contributed by atoms with Crippen LogP contribution in [0.3, 0.4) is 0 Å². The van der Waals surface area contributed by atoms with Gasteiger partial charge < -0.3 is 14.7 Å². The molecule has 1 saturated heterocycles. The highest BCUT2D eigenvalue weighted by Crippen LogP contribution is 2.28. The Morgan fingerprint density at radius 1 is 1.00 bits per heavy atom. The van der Waals surface area contributed by atoms with Crippen LogP contribution in [0.15, 0.2) is 54.6 Å². The summed E-state index contributed by atoms with van der Waals surface area (Å²) in [6.07, 6.45) is 2.43. The van der Waals surface area contributed by atoms with Crippen LogP contribution in [-0.4, -0.2) is 72.0 Å². The van der Waals surface area contributed by atoms with Gasteiger partial charge in [0, 0.05) is 67.6 Å². The molecule has 0 unspecified atom stereocenters. The van der Waals surface area contributed by atoms with Crippen LogP contribution < -0.4 is 4.90 Å². The van der Waals surface area contributed by atoms with Crippen molar-refractivity contribution in [2.24, 2.45) is 0 Å². The second-order valence-corrected chi connectivity index (χ2v) is 9.91. The van der Waals surface area contributed by atoms with E-state index in [2.05, 4.69) is 47.9 Å². The van der Waals surface area contributed by atoms with E-state index in [0.29, 0.717) is 19.8 Å². The number of halogens is 1. The quantitative estimate of drug-likeness (QED) is 0.368. The van der Waals surface area contributed by atoms with Gasteiger partial charge in [-0.1, -0.05) is 67.4 Å². The molecule has 0 bridgehead atoms. The molecular formula is C29H37ClN4O2. The first-order chi connectivity index (χ1) is 17.5. The van der Waals surface area contributed by atoms with Gasteiger partial charge >= 0.3 is 0 Å². The van der Waals surface area contributed by atoms with Gasteiger partial charge in [0.2, 0.25) is 0 Å². The molecule has 0 amide bonds. The summed E-state index contributed by atoms with van der Waals surface area (Å²) in [5, 5.41) is 11.1. The first-order valence-corrected chi connectivity index (χ1v) is 13.3. The summed E-state index contributed by atoms with van der Waals surface area (Å²) in [6.45, 7) is 9.41. The summed E-state index contributed by atoms with van der Waals surface area (Å²) in [5.74, 6) is 1.75. The Morgan fingerprint density at radius 2 is 1.72 bits per heavy atom. The lowest BCUT2D eigenvalue weighted by Gasteiger charge is -2.37. The number of aliphatic hydroxyl groups excluding tert-OH is 1. The smallest absolute Gasteiger partial charge is 0.161 e. The van der Waals surface area contributed by atoms with Gasteiger partial charge in [0.15, 0.2) is 5.82 Å². The first kappa shape index (κ1) is 26.6. The predicted molar refractivity (Wildman–Crippen MR) is 147 cm³/mol. The van der Waals surface area contributed by atoms with Crippen LogP contribution in [0.2, 0.25) is 5.02 Å². The van der Waals surface area contributed by atoms with Crippen molar-refractivity contribution in [1.29, 1.82) is 0 Å². The second kappa shape index (κ2) is 13.2. The molecule has 0 spiro atoms. The van der Waals surface area contributed by atoms with Crippen LogP contribution in [-0.2, 0) is 11.2 Å². The lowest BCUT2D eigenvalue weighted by molar-refractivity contribution is 0.0150. The number of aromatic nitrogens is 2. The fraction of sp³-hybridized carbons (Fsp3) is 0.448. The average Bonchev–Trinajstić information content (AvgIpc) is 2.90. The first-order valence-electron chi connectivity index (χ1n) is 12.9. The molecule has 1 N–H and O–H groups in total. The monoisotopic (exact) mass is 508 g/mol. The van der Waals surface area contributed by atoms with Crippen molar-refractivity contribution in [2.75, 3.05) is 50.8 Å². The van der Waals surface area contributed by atoms with Crippen molar-refractivity contribution in [2.45, 2.75) is 39.2 Å². The van der Waals surface area contributed by atoms with Crippen molar-refractivity contribution in [3.05, 3.63) is 76.4 Å². The van der Waals surface area contributed by atoms with Gasteiger partial charge in [0.25, 0.3) is 0 Å². The lowest BCUT2D eigenvalue weighted by atomic mass is 10.0. The van der Waals surface area contributed by atoms with Gasteiger partial charge in [-0.2, -0.15) is 0 Å². The number of β-amino-alcohol motifs (C(OH)–C–C–N with tert-alkyl or cyclic N) is 1. The summed E-state index contributed by atoms with van der Waals surface area (Å²) >= 11 is 6.12. The molecule has 3 aromatic rings. The van der Waals surface area contributed by atoms with Crippen molar-refractivity contribution < 1.29 is 9.84 Å². The van der Waals surface area contributed by atoms with Crippen molar-refractivity contribution in [3.63, 3.8) is 0 Å². The normalized spacial score (nSPS) is 15.3. The van der Waals surface area contributed by atoms with E-state index >= 15 is 0 Å². The molecule has 2 heterocycles. The third kappa shape index (κ3) is 7.26. The number of benzene rings is 2. The van der Waals surface area contributed by atoms with Gasteiger partial charge in [-0.25, -0.2) is 9.97 Å². The molecule has 1 atom stereocenters. The van der Waals surface area contributed by atoms with E-state index in [1.165, 1.54) is 5.56 Å². The van der Waals surface area contributed by atoms with Crippen molar-refractivity contribution >= 4 is 17.4 Å². The number of unbranched alkanes of at least 4 members (excludes halogenated alkanes) is 1. The van der Waals surface area contributed by atoms with E-state index in [1.807, 2.05) is 30.3 Å². The zero-order chi connectivity index (χ0) is 25.3. The fourth-order valence-corrected chi connectivity index (χ4v) is 4.66. The predicted octanol–water partition coefficient (Wildman–Crippen LogP) is 5.00. The SMILES string of the molecule is CCCCOC[C@H](O)CN1CCN(c2nc(-c3ccccc3)nc(C)c2Cc2ccc(Cl)cc2)CC1. The highest BCUT2D eigenvalue weighted by Gasteiger charge is 2.24. The second-order valence-electron chi connectivity index (χ2n) is 9.47.